The monoisotopic (exact) mass is 555 g/mol. The molecule has 4 aliphatic rings. The number of anilines is 2. The molecule has 5 heterocycles. The number of likely N-dealkylation sites (tertiary alicyclic amines) is 1. The number of phenolic OH excluding ortho intramolecular Hbond substituents is 1. The first kappa shape index (κ1) is 26.0. The van der Waals surface area contributed by atoms with E-state index < -0.39 is 0 Å². The van der Waals surface area contributed by atoms with Gasteiger partial charge < -0.3 is 29.4 Å². The predicted octanol–water partition coefficient (Wildman–Crippen LogP) is 2.85. The first-order chi connectivity index (χ1) is 20.1. The molecule has 1 saturated carbocycles. The lowest BCUT2D eigenvalue weighted by Gasteiger charge is -2.38. The second kappa shape index (κ2) is 10.8. The van der Waals surface area contributed by atoms with Gasteiger partial charge in [-0.3, -0.25) is 9.78 Å². The van der Waals surface area contributed by atoms with Gasteiger partial charge in [0.05, 0.1) is 30.0 Å². The van der Waals surface area contributed by atoms with Gasteiger partial charge in [0.15, 0.2) is 0 Å². The van der Waals surface area contributed by atoms with Crippen molar-refractivity contribution < 1.29 is 14.6 Å². The lowest BCUT2D eigenvalue weighted by Crippen LogP contribution is -2.49. The van der Waals surface area contributed by atoms with Gasteiger partial charge in [0.1, 0.15) is 11.6 Å². The Morgan fingerprint density at radius 2 is 1.93 bits per heavy atom. The van der Waals surface area contributed by atoms with E-state index in [4.69, 9.17) is 14.7 Å². The number of ether oxygens (including phenoxy) is 1. The average molecular weight is 556 g/mol. The Hall–Kier alpha value is -3.92. The Morgan fingerprint density at radius 1 is 1.10 bits per heavy atom. The van der Waals surface area contributed by atoms with Crippen molar-refractivity contribution in [2.24, 2.45) is 11.8 Å². The zero-order valence-electron chi connectivity index (χ0n) is 23.4. The molecule has 1 aromatic carbocycles. The third-order valence-corrected chi connectivity index (χ3v) is 9.00. The highest BCUT2D eigenvalue weighted by molar-refractivity contribution is 5.92. The number of hydrogen-bond donors (Lipinski definition) is 1. The molecule has 7 rings (SSSR count). The van der Waals surface area contributed by atoms with Crippen LogP contribution in [0.1, 0.15) is 24.1 Å². The molecule has 3 aliphatic heterocycles. The summed E-state index contributed by atoms with van der Waals surface area (Å²) in [7, 11) is 0. The highest BCUT2D eigenvalue weighted by atomic mass is 16.5. The number of hydrogen-bond acceptors (Lipinski definition) is 9. The summed E-state index contributed by atoms with van der Waals surface area (Å²) in [4.78, 5) is 35.5. The van der Waals surface area contributed by atoms with Crippen LogP contribution in [0.5, 0.6) is 11.8 Å². The highest BCUT2D eigenvalue weighted by Gasteiger charge is 2.44. The smallest absolute Gasteiger partial charge is 0.318 e. The van der Waals surface area contributed by atoms with E-state index in [1.54, 1.807) is 18.3 Å². The Morgan fingerprint density at radius 3 is 2.73 bits per heavy atom. The van der Waals surface area contributed by atoms with Gasteiger partial charge in [-0.15, -0.1) is 0 Å². The number of piperazine rings is 1. The fourth-order valence-electron chi connectivity index (χ4n) is 6.72. The molecule has 3 fully saturated rings. The molecule has 10 nitrogen and oxygen atoms in total. The van der Waals surface area contributed by atoms with Crippen molar-refractivity contribution in [3.05, 3.63) is 54.4 Å². The Bertz CT molecular complexity index is 1460. The summed E-state index contributed by atoms with van der Waals surface area (Å²) in [5, 5.41) is 11.4. The van der Waals surface area contributed by atoms with E-state index in [1.807, 2.05) is 17.0 Å². The number of pyridine rings is 1. The van der Waals surface area contributed by atoms with Crippen molar-refractivity contribution in [2.45, 2.75) is 25.8 Å². The third-order valence-electron chi connectivity index (χ3n) is 9.00. The normalized spacial score (nSPS) is 22.0. The number of nitrogens with zero attached hydrogens (tertiary/aromatic N) is 7. The van der Waals surface area contributed by atoms with E-state index in [9.17, 15) is 9.90 Å². The van der Waals surface area contributed by atoms with Gasteiger partial charge in [0, 0.05) is 75.6 Å². The molecule has 0 bridgehead atoms. The maximum Gasteiger partial charge on any atom is 0.318 e. The van der Waals surface area contributed by atoms with Crippen LogP contribution in [0.15, 0.2) is 43.1 Å². The van der Waals surface area contributed by atoms with Crippen LogP contribution in [-0.4, -0.2) is 94.7 Å². The number of amides is 1. The molecule has 41 heavy (non-hydrogen) atoms. The van der Waals surface area contributed by atoms with Crippen LogP contribution in [0.2, 0.25) is 0 Å². The number of aromatic hydroxyl groups is 1. The van der Waals surface area contributed by atoms with Gasteiger partial charge in [-0.05, 0) is 49.3 Å². The van der Waals surface area contributed by atoms with E-state index in [2.05, 4.69) is 26.3 Å². The quantitative estimate of drug-likeness (QED) is 0.332. The summed E-state index contributed by atoms with van der Waals surface area (Å²) in [6.45, 7) is 11.7. The van der Waals surface area contributed by atoms with Crippen molar-refractivity contribution in [1.29, 1.82) is 0 Å². The van der Waals surface area contributed by atoms with E-state index in [0.717, 1.165) is 71.4 Å². The van der Waals surface area contributed by atoms with Crippen molar-refractivity contribution in [1.82, 2.24) is 24.8 Å². The van der Waals surface area contributed by atoms with Crippen molar-refractivity contribution >= 4 is 28.3 Å². The van der Waals surface area contributed by atoms with Crippen molar-refractivity contribution in [3.8, 4) is 11.8 Å². The third kappa shape index (κ3) is 5.28. The molecular weight excluding hydrogens is 518 g/mol. The van der Waals surface area contributed by atoms with Crippen LogP contribution in [0.3, 0.4) is 0 Å². The predicted molar refractivity (Wildman–Crippen MR) is 157 cm³/mol. The summed E-state index contributed by atoms with van der Waals surface area (Å²) >= 11 is 0. The first-order valence-corrected chi connectivity index (χ1v) is 14.8. The van der Waals surface area contributed by atoms with Crippen LogP contribution >= 0.6 is 0 Å². The molecule has 2 aromatic heterocycles. The maximum absolute atomic E-state index is 12.2. The van der Waals surface area contributed by atoms with Crippen LogP contribution in [0.4, 0.5) is 11.5 Å². The number of carbonyl (C=O) groups is 1. The minimum atomic E-state index is -0.0312. The number of benzene rings is 1. The minimum Gasteiger partial charge on any atom is -0.508 e. The molecule has 0 radical (unpaired) electrons. The molecule has 2 atom stereocenters. The van der Waals surface area contributed by atoms with Crippen LogP contribution in [-0.2, 0) is 17.8 Å². The molecule has 1 aliphatic carbocycles. The molecule has 10 heteroatoms. The molecular formula is C31H37N7O3. The largest absolute Gasteiger partial charge is 0.508 e. The van der Waals surface area contributed by atoms with Crippen molar-refractivity contribution in [2.75, 3.05) is 68.8 Å². The minimum absolute atomic E-state index is 0.0312. The molecule has 1 amide bonds. The second-order valence-electron chi connectivity index (χ2n) is 11.7. The van der Waals surface area contributed by atoms with Gasteiger partial charge in [-0.2, -0.15) is 9.97 Å². The topological polar surface area (TPSA) is 98.2 Å². The number of carbonyl (C=O) groups excluding carboxylic acids is 1. The standard InChI is InChI=1S/C31H37N7O3/c1-2-28(40)36-10-12-37(13-11-36)30-25-6-9-38(27-17-24(39)16-21-5-3-7-32-29(21)27)20-26(25)33-31(34-30)41-14-4-8-35-18-22-15-23(22)19-35/h2-3,5,7,16-17,22-23,39H,1,4,6,8-15,18-20H2. The molecule has 1 N–H and O–H groups in total. The Labute approximate surface area is 240 Å². The van der Waals surface area contributed by atoms with Crippen LogP contribution in [0.25, 0.3) is 10.9 Å². The zero-order valence-corrected chi connectivity index (χ0v) is 23.4. The molecule has 3 aromatic rings. The lowest BCUT2D eigenvalue weighted by atomic mass is 10.0. The summed E-state index contributed by atoms with van der Waals surface area (Å²) in [6.07, 6.45) is 6.30. The Kier molecular flexibility index (Phi) is 6.86. The first-order valence-electron chi connectivity index (χ1n) is 14.8. The van der Waals surface area contributed by atoms with Gasteiger partial charge in [0.25, 0.3) is 0 Å². The molecule has 0 spiro atoms. The summed E-state index contributed by atoms with van der Waals surface area (Å²) < 4.78 is 6.18. The summed E-state index contributed by atoms with van der Waals surface area (Å²) in [5.74, 6) is 2.98. The maximum atomic E-state index is 12.2. The fraction of sp³-hybridized carbons (Fsp3) is 0.484. The zero-order chi connectivity index (χ0) is 27.9. The van der Waals surface area contributed by atoms with E-state index in [0.29, 0.717) is 45.3 Å². The lowest BCUT2D eigenvalue weighted by molar-refractivity contribution is -0.126. The van der Waals surface area contributed by atoms with E-state index in [-0.39, 0.29) is 11.7 Å². The van der Waals surface area contributed by atoms with Gasteiger partial charge in [-0.1, -0.05) is 12.6 Å². The Balaban J connectivity index is 1.13. The second-order valence-corrected chi connectivity index (χ2v) is 11.7. The molecule has 2 unspecified atom stereocenters. The van der Waals surface area contributed by atoms with Crippen LogP contribution in [0, 0.1) is 11.8 Å². The van der Waals surface area contributed by atoms with Gasteiger partial charge in [0.2, 0.25) is 5.91 Å². The van der Waals surface area contributed by atoms with E-state index >= 15 is 0 Å². The number of piperidine rings is 1. The number of fused-ring (bicyclic) bond motifs is 3. The highest BCUT2D eigenvalue weighted by Crippen LogP contribution is 2.44. The van der Waals surface area contributed by atoms with E-state index in [1.165, 1.54) is 25.6 Å². The summed E-state index contributed by atoms with van der Waals surface area (Å²) in [6, 6.07) is 7.80. The van der Waals surface area contributed by atoms with Crippen molar-refractivity contribution in [3.63, 3.8) is 0 Å². The summed E-state index contributed by atoms with van der Waals surface area (Å²) in [5.41, 5.74) is 3.83. The SMILES string of the molecule is C=CC(=O)N1CCN(c2nc(OCCCN3CC4CC4C3)nc3c2CCN(c2cc(O)cc4cccnc24)C3)CC1. The number of rotatable bonds is 8. The van der Waals surface area contributed by atoms with Crippen LogP contribution < -0.4 is 14.5 Å². The van der Waals surface area contributed by atoms with Gasteiger partial charge in [-0.25, -0.2) is 0 Å². The number of aromatic nitrogens is 3. The van der Waals surface area contributed by atoms with Gasteiger partial charge >= 0.3 is 6.01 Å². The fourth-order valence-corrected chi connectivity index (χ4v) is 6.72. The number of phenols is 1. The average Bonchev–Trinajstić information content (AvgIpc) is 3.62. The molecule has 214 valence electrons. The molecule has 2 saturated heterocycles.